The van der Waals surface area contributed by atoms with Gasteiger partial charge in [-0.05, 0) is 44.4 Å². The van der Waals surface area contributed by atoms with Crippen LogP contribution in [0.25, 0.3) is 0 Å². The minimum Gasteiger partial charge on any atom is -0.494 e. The molecule has 0 aliphatic heterocycles. The monoisotopic (exact) mass is 347 g/mol. The zero-order valence-electron chi connectivity index (χ0n) is 15.3. The normalized spacial score (nSPS) is 16.1. The van der Waals surface area contributed by atoms with Crippen LogP contribution in [0.1, 0.15) is 64.0 Å². The molecule has 1 aliphatic rings. The second-order valence-corrected chi connectivity index (χ2v) is 6.41. The summed E-state index contributed by atoms with van der Waals surface area (Å²) in [5.74, 6) is 0.578. The van der Waals surface area contributed by atoms with Gasteiger partial charge in [-0.3, -0.25) is 9.59 Å². The smallest absolute Gasteiger partial charge is 0.308 e. The van der Waals surface area contributed by atoms with Gasteiger partial charge in [0, 0.05) is 5.92 Å². The average molecular weight is 347 g/mol. The van der Waals surface area contributed by atoms with E-state index in [9.17, 15) is 9.59 Å². The first-order valence-corrected chi connectivity index (χ1v) is 9.32. The molecule has 5 nitrogen and oxygen atoms in total. The molecule has 0 spiro atoms. The van der Waals surface area contributed by atoms with Gasteiger partial charge in [0.15, 0.2) is 0 Å². The minimum absolute atomic E-state index is 0.0443. The molecule has 1 fully saturated rings. The lowest BCUT2D eigenvalue weighted by Crippen LogP contribution is -2.36. The van der Waals surface area contributed by atoms with E-state index in [1.807, 2.05) is 31.2 Å². The Kier molecular flexibility index (Phi) is 7.76. The second-order valence-electron chi connectivity index (χ2n) is 6.41. The topological polar surface area (TPSA) is 64.6 Å². The van der Waals surface area contributed by atoms with Crippen LogP contribution in [0.2, 0.25) is 0 Å². The Morgan fingerprint density at radius 3 is 2.36 bits per heavy atom. The maximum Gasteiger partial charge on any atom is 0.308 e. The lowest BCUT2D eigenvalue weighted by Gasteiger charge is -2.25. The zero-order valence-corrected chi connectivity index (χ0v) is 15.3. The van der Waals surface area contributed by atoms with Crippen molar-refractivity contribution in [2.75, 3.05) is 13.2 Å². The number of carbonyl (C=O) groups excluding carboxylic acids is 2. The summed E-state index contributed by atoms with van der Waals surface area (Å²) in [4.78, 5) is 24.6. The molecule has 138 valence electrons. The lowest BCUT2D eigenvalue weighted by molar-refractivity contribution is -0.144. The van der Waals surface area contributed by atoms with Crippen molar-refractivity contribution in [1.82, 2.24) is 5.32 Å². The van der Waals surface area contributed by atoms with Crippen LogP contribution in [0, 0.1) is 5.92 Å². The summed E-state index contributed by atoms with van der Waals surface area (Å²) in [5.41, 5.74) is 0.890. The Bertz CT molecular complexity index is 549. The molecule has 5 heteroatoms. The van der Waals surface area contributed by atoms with Crippen molar-refractivity contribution < 1.29 is 19.1 Å². The summed E-state index contributed by atoms with van der Waals surface area (Å²) < 4.78 is 10.5. The third-order valence-electron chi connectivity index (χ3n) is 4.56. The minimum atomic E-state index is -0.371. The highest BCUT2D eigenvalue weighted by Gasteiger charge is 2.25. The SMILES string of the molecule is CCOC(=O)CC(NC(=O)C1CCCCC1)c1ccc(OCC)cc1. The van der Waals surface area contributed by atoms with Crippen LogP contribution in [-0.4, -0.2) is 25.1 Å². The van der Waals surface area contributed by atoms with Gasteiger partial charge < -0.3 is 14.8 Å². The third-order valence-corrected chi connectivity index (χ3v) is 4.56. The van der Waals surface area contributed by atoms with Crippen molar-refractivity contribution in [3.63, 3.8) is 0 Å². The third kappa shape index (κ3) is 6.07. The molecule has 0 saturated heterocycles. The molecule has 25 heavy (non-hydrogen) atoms. The van der Waals surface area contributed by atoms with Crippen LogP contribution < -0.4 is 10.1 Å². The van der Waals surface area contributed by atoms with E-state index >= 15 is 0 Å². The number of rotatable bonds is 8. The molecule has 1 aromatic carbocycles. The molecular formula is C20H29NO4. The van der Waals surface area contributed by atoms with Crippen LogP contribution in [0.5, 0.6) is 5.75 Å². The van der Waals surface area contributed by atoms with Crippen LogP contribution >= 0.6 is 0 Å². The number of amides is 1. The summed E-state index contributed by atoms with van der Waals surface area (Å²) in [6, 6.07) is 7.16. The Hall–Kier alpha value is -2.04. The molecule has 1 aromatic rings. The van der Waals surface area contributed by atoms with Crippen molar-refractivity contribution in [2.45, 2.75) is 58.4 Å². The van der Waals surface area contributed by atoms with Crippen molar-refractivity contribution in [3.05, 3.63) is 29.8 Å². The van der Waals surface area contributed by atoms with E-state index in [-0.39, 0.29) is 30.3 Å². The Balaban J connectivity index is 2.08. The highest BCUT2D eigenvalue weighted by molar-refractivity contribution is 5.80. The van der Waals surface area contributed by atoms with Crippen molar-refractivity contribution >= 4 is 11.9 Å². The number of benzene rings is 1. The van der Waals surface area contributed by atoms with Gasteiger partial charge in [-0.2, -0.15) is 0 Å². The maximum absolute atomic E-state index is 12.6. The summed E-state index contributed by atoms with van der Waals surface area (Å²) in [6.07, 6.45) is 5.41. The summed E-state index contributed by atoms with van der Waals surface area (Å²) >= 11 is 0. The van der Waals surface area contributed by atoms with Gasteiger partial charge in [-0.25, -0.2) is 0 Å². The maximum atomic E-state index is 12.6. The highest BCUT2D eigenvalue weighted by Crippen LogP contribution is 2.26. The van der Waals surface area contributed by atoms with Crippen LogP contribution in [-0.2, 0) is 14.3 Å². The number of nitrogens with one attached hydrogen (secondary N) is 1. The average Bonchev–Trinajstić information content (AvgIpc) is 2.63. The molecule has 0 bridgehead atoms. The molecule has 1 N–H and O–H groups in total. The second kappa shape index (κ2) is 10.1. The van der Waals surface area contributed by atoms with Gasteiger partial charge in [-0.1, -0.05) is 31.4 Å². The number of ether oxygens (including phenoxy) is 2. The first kappa shape index (κ1) is 19.3. The number of hydrogen-bond donors (Lipinski definition) is 1. The van der Waals surface area contributed by atoms with Crippen molar-refractivity contribution in [3.8, 4) is 5.75 Å². The van der Waals surface area contributed by atoms with Gasteiger partial charge in [-0.15, -0.1) is 0 Å². The van der Waals surface area contributed by atoms with Crippen molar-refractivity contribution in [2.24, 2.45) is 5.92 Å². The lowest BCUT2D eigenvalue weighted by atomic mass is 9.88. The Morgan fingerprint density at radius 1 is 1.08 bits per heavy atom. The van der Waals surface area contributed by atoms with Crippen LogP contribution in [0.3, 0.4) is 0 Å². The molecule has 1 saturated carbocycles. The molecule has 1 aliphatic carbocycles. The molecule has 0 radical (unpaired) electrons. The molecule has 1 unspecified atom stereocenters. The summed E-state index contributed by atoms with van der Waals surface area (Å²) in [7, 11) is 0. The Labute approximate surface area is 150 Å². The van der Waals surface area contributed by atoms with Gasteiger partial charge in [0.1, 0.15) is 5.75 Å². The molecular weight excluding hydrogens is 318 g/mol. The van der Waals surface area contributed by atoms with Gasteiger partial charge in [0.2, 0.25) is 5.91 Å². The Morgan fingerprint density at radius 2 is 1.76 bits per heavy atom. The highest BCUT2D eigenvalue weighted by atomic mass is 16.5. The summed E-state index contributed by atoms with van der Waals surface area (Å²) in [5, 5.41) is 3.06. The molecule has 1 amide bonds. The number of hydrogen-bond acceptors (Lipinski definition) is 4. The largest absolute Gasteiger partial charge is 0.494 e. The zero-order chi connectivity index (χ0) is 18.1. The van der Waals surface area contributed by atoms with Gasteiger partial charge in [0.25, 0.3) is 0 Å². The first-order chi connectivity index (χ1) is 12.1. The first-order valence-electron chi connectivity index (χ1n) is 9.32. The molecule has 0 heterocycles. The quantitative estimate of drug-likeness (QED) is 0.727. The molecule has 1 atom stereocenters. The molecule has 2 rings (SSSR count). The van der Waals surface area contributed by atoms with Crippen molar-refractivity contribution in [1.29, 1.82) is 0 Å². The molecule has 0 aromatic heterocycles. The van der Waals surface area contributed by atoms with Gasteiger partial charge in [0.05, 0.1) is 25.7 Å². The van der Waals surface area contributed by atoms with E-state index in [2.05, 4.69) is 5.32 Å². The fraction of sp³-hybridized carbons (Fsp3) is 0.600. The van der Waals surface area contributed by atoms with Crippen LogP contribution in [0.4, 0.5) is 0 Å². The summed E-state index contributed by atoms with van der Waals surface area (Å²) in [6.45, 7) is 4.65. The number of esters is 1. The van der Waals surface area contributed by atoms with E-state index in [0.29, 0.717) is 13.2 Å². The fourth-order valence-electron chi connectivity index (χ4n) is 3.26. The van der Waals surface area contributed by atoms with E-state index in [1.165, 1.54) is 6.42 Å². The predicted molar refractivity (Wildman–Crippen MR) is 96.3 cm³/mol. The standard InChI is InChI=1S/C20H29NO4/c1-3-24-17-12-10-15(11-13-17)18(14-19(22)25-4-2)21-20(23)16-8-6-5-7-9-16/h10-13,16,18H,3-9,14H2,1-2H3,(H,21,23). The number of carbonyl (C=O) groups is 2. The van der Waals surface area contributed by atoms with E-state index < -0.39 is 0 Å². The van der Waals surface area contributed by atoms with E-state index in [0.717, 1.165) is 37.0 Å². The van der Waals surface area contributed by atoms with Gasteiger partial charge >= 0.3 is 5.97 Å². The fourth-order valence-corrected chi connectivity index (χ4v) is 3.26. The van der Waals surface area contributed by atoms with E-state index in [1.54, 1.807) is 6.92 Å². The van der Waals surface area contributed by atoms with Crippen LogP contribution in [0.15, 0.2) is 24.3 Å². The van der Waals surface area contributed by atoms with E-state index in [4.69, 9.17) is 9.47 Å². The predicted octanol–water partition coefficient (Wildman–Crippen LogP) is 3.78.